The van der Waals surface area contributed by atoms with Crippen molar-refractivity contribution in [1.29, 1.82) is 0 Å². The summed E-state index contributed by atoms with van der Waals surface area (Å²) in [6.45, 7) is 3.94. The summed E-state index contributed by atoms with van der Waals surface area (Å²) in [7, 11) is 0. The van der Waals surface area contributed by atoms with Gasteiger partial charge in [0.2, 0.25) is 5.91 Å². The second-order valence-corrected chi connectivity index (χ2v) is 7.35. The summed E-state index contributed by atoms with van der Waals surface area (Å²) in [6, 6.07) is 12.9. The van der Waals surface area contributed by atoms with Gasteiger partial charge in [-0.25, -0.2) is 0 Å². The molecule has 0 bridgehead atoms. The van der Waals surface area contributed by atoms with Gasteiger partial charge < -0.3 is 5.32 Å². The van der Waals surface area contributed by atoms with E-state index in [1.54, 1.807) is 24.3 Å². The molecule has 1 N–H and O–H groups in total. The molecule has 0 aliphatic carbocycles. The molecule has 1 fully saturated rings. The standard InChI is InChI=1S/C19H16BrN3O2S/c1-11-7-12(2)9-14(8-11)21-10-16-17(24)22-19(26)23(18(16)25)15-5-3-13(20)4-6-15/h3-10,16H,1-2H3,(H,22,24,26)/t16-/m1/s1. The number of carbonyl (C=O) groups is 2. The molecule has 0 spiro atoms. The maximum atomic E-state index is 12.9. The van der Waals surface area contributed by atoms with Crippen LogP contribution in [0, 0.1) is 19.8 Å². The lowest BCUT2D eigenvalue weighted by atomic mass is 10.1. The first kappa shape index (κ1) is 18.4. The number of amides is 2. The molecule has 2 aromatic rings. The van der Waals surface area contributed by atoms with E-state index in [4.69, 9.17) is 12.2 Å². The Bertz CT molecular complexity index is 905. The number of hydrogen-bond acceptors (Lipinski definition) is 4. The maximum Gasteiger partial charge on any atom is 0.251 e. The Morgan fingerprint density at radius 3 is 2.35 bits per heavy atom. The first-order valence-electron chi connectivity index (χ1n) is 7.92. The van der Waals surface area contributed by atoms with Crippen molar-refractivity contribution in [1.82, 2.24) is 5.32 Å². The number of nitrogens with one attached hydrogen (secondary N) is 1. The molecule has 7 heteroatoms. The molecule has 1 aliphatic rings. The first-order valence-corrected chi connectivity index (χ1v) is 9.12. The third-order valence-corrected chi connectivity index (χ3v) is 4.68. The minimum Gasteiger partial charge on any atom is -0.301 e. The summed E-state index contributed by atoms with van der Waals surface area (Å²) in [5.41, 5.74) is 3.42. The van der Waals surface area contributed by atoms with E-state index in [-0.39, 0.29) is 5.11 Å². The number of aryl methyl sites for hydroxylation is 2. The summed E-state index contributed by atoms with van der Waals surface area (Å²) in [6.07, 6.45) is 1.37. The molecule has 2 aromatic carbocycles. The third kappa shape index (κ3) is 3.89. The molecule has 0 aromatic heterocycles. The Labute approximate surface area is 165 Å². The van der Waals surface area contributed by atoms with Crippen LogP contribution in [0.1, 0.15) is 11.1 Å². The number of anilines is 1. The number of hydrogen-bond donors (Lipinski definition) is 1. The lowest BCUT2D eigenvalue weighted by Gasteiger charge is -2.30. The number of benzene rings is 2. The average molecular weight is 430 g/mol. The van der Waals surface area contributed by atoms with Crippen LogP contribution in [0.4, 0.5) is 11.4 Å². The van der Waals surface area contributed by atoms with Gasteiger partial charge in [0.1, 0.15) is 0 Å². The van der Waals surface area contributed by atoms with Gasteiger partial charge in [-0.2, -0.15) is 0 Å². The lowest BCUT2D eigenvalue weighted by Crippen LogP contribution is -2.58. The molecule has 1 saturated heterocycles. The molecule has 1 aliphatic heterocycles. The third-order valence-electron chi connectivity index (χ3n) is 3.87. The van der Waals surface area contributed by atoms with Gasteiger partial charge in [0.25, 0.3) is 5.91 Å². The van der Waals surface area contributed by atoms with E-state index in [1.807, 2.05) is 32.0 Å². The van der Waals surface area contributed by atoms with Gasteiger partial charge in [-0.05, 0) is 73.6 Å². The van der Waals surface area contributed by atoms with Crippen molar-refractivity contribution in [3.63, 3.8) is 0 Å². The zero-order valence-corrected chi connectivity index (χ0v) is 16.6. The van der Waals surface area contributed by atoms with Crippen LogP contribution in [0.25, 0.3) is 0 Å². The van der Waals surface area contributed by atoms with Crippen LogP contribution >= 0.6 is 28.1 Å². The van der Waals surface area contributed by atoms with E-state index in [9.17, 15) is 9.59 Å². The Morgan fingerprint density at radius 2 is 1.73 bits per heavy atom. The molecule has 26 heavy (non-hydrogen) atoms. The average Bonchev–Trinajstić information content (AvgIpc) is 2.55. The lowest BCUT2D eigenvalue weighted by molar-refractivity contribution is -0.130. The monoisotopic (exact) mass is 429 g/mol. The van der Waals surface area contributed by atoms with E-state index < -0.39 is 17.7 Å². The van der Waals surface area contributed by atoms with Crippen LogP contribution < -0.4 is 10.2 Å². The number of carbonyl (C=O) groups excluding carboxylic acids is 2. The predicted octanol–water partition coefficient (Wildman–Crippen LogP) is 3.83. The van der Waals surface area contributed by atoms with Crippen molar-refractivity contribution >= 4 is 62.7 Å². The summed E-state index contributed by atoms with van der Waals surface area (Å²) in [4.78, 5) is 30.8. The van der Waals surface area contributed by atoms with E-state index >= 15 is 0 Å². The second-order valence-electron chi connectivity index (χ2n) is 6.05. The molecule has 5 nitrogen and oxygen atoms in total. The quantitative estimate of drug-likeness (QED) is 0.458. The molecule has 0 radical (unpaired) electrons. The minimum atomic E-state index is -1.04. The van der Waals surface area contributed by atoms with Crippen LogP contribution in [-0.4, -0.2) is 23.1 Å². The van der Waals surface area contributed by atoms with Crippen LogP contribution in [-0.2, 0) is 9.59 Å². The number of thiocarbonyl (C=S) groups is 1. The highest BCUT2D eigenvalue weighted by Crippen LogP contribution is 2.23. The molecule has 0 unspecified atom stereocenters. The Balaban J connectivity index is 1.90. The van der Waals surface area contributed by atoms with E-state index in [0.29, 0.717) is 11.4 Å². The summed E-state index contributed by atoms with van der Waals surface area (Å²) in [5.74, 6) is -1.93. The van der Waals surface area contributed by atoms with Crippen LogP contribution in [0.2, 0.25) is 0 Å². The van der Waals surface area contributed by atoms with Crippen molar-refractivity contribution in [2.75, 3.05) is 4.90 Å². The van der Waals surface area contributed by atoms with Crippen LogP contribution in [0.5, 0.6) is 0 Å². The number of halogens is 1. The highest BCUT2D eigenvalue weighted by atomic mass is 79.9. The predicted molar refractivity (Wildman–Crippen MR) is 110 cm³/mol. The van der Waals surface area contributed by atoms with E-state index in [0.717, 1.165) is 15.6 Å². The van der Waals surface area contributed by atoms with Gasteiger partial charge >= 0.3 is 0 Å². The Kier molecular flexibility index (Phi) is 5.29. The van der Waals surface area contributed by atoms with Crippen LogP contribution in [0.15, 0.2) is 51.9 Å². The van der Waals surface area contributed by atoms with Crippen LogP contribution in [0.3, 0.4) is 0 Å². The highest BCUT2D eigenvalue weighted by Gasteiger charge is 2.38. The molecule has 0 saturated carbocycles. The van der Waals surface area contributed by atoms with Crippen molar-refractivity contribution in [3.8, 4) is 0 Å². The largest absolute Gasteiger partial charge is 0.301 e. The van der Waals surface area contributed by atoms with Crippen molar-refractivity contribution in [3.05, 3.63) is 58.1 Å². The molecule has 1 heterocycles. The normalized spacial score (nSPS) is 17.7. The molecule has 1 atom stereocenters. The first-order chi connectivity index (χ1) is 12.3. The van der Waals surface area contributed by atoms with Gasteiger partial charge in [0.05, 0.1) is 11.4 Å². The Morgan fingerprint density at radius 1 is 1.12 bits per heavy atom. The highest BCUT2D eigenvalue weighted by molar-refractivity contribution is 9.10. The van der Waals surface area contributed by atoms with Gasteiger partial charge in [0.15, 0.2) is 11.0 Å². The second kappa shape index (κ2) is 7.47. The zero-order valence-electron chi connectivity index (χ0n) is 14.2. The Hall–Kier alpha value is -2.38. The molecule has 2 amide bonds. The van der Waals surface area contributed by atoms with Crippen molar-refractivity contribution < 1.29 is 9.59 Å². The zero-order chi connectivity index (χ0) is 18.8. The van der Waals surface area contributed by atoms with Crippen molar-refractivity contribution in [2.45, 2.75) is 13.8 Å². The molecule has 3 rings (SSSR count). The topological polar surface area (TPSA) is 61.8 Å². The number of aliphatic imine (C=N–C) groups is 1. The van der Waals surface area contributed by atoms with Gasteiger partial charge in [-0.1, -0.05) is 22.0 Å². The van der Waals surface area contributed by atoms with Gasteiger partial charge in [0, 0.05) is 10.7 Å². The van der Waals surface area contributed by atoms with Gasteiger partial charge in [-0.15, -0.1) is 0 Å². The number of nitrogens with zero attached hydrogens (tertiary/aromatic N) is 2. The van der Waals surface area contributed by atoms with E-state index in [1.165, 1.54) is 11.1 Å². The number of rotatable bonds is 3. The summed E-state index contributed by atoms with van der Waals surface area (Å²) < 4.78 is 0.883. The fraction of sp³-hybridized carbons (Fsp3) is 0.158. The summed E-state index contributed by atoms with van der Waals surface area (Å²) >= 11 is 8.53. The molecule has 132 valence electrons. The van der Waals surface area contributed by atoms with Gasteiger partial charge in [-0.3, -0.25) is 19.5 Å². The molecular formula is C19H16BrN3O2S. The maximum absolute atomic E-state index is 12.9. The fourth-order valence-electron chi connectivity index (χ4n) is 2.74. The summed E-state index contributed by atoms with van der Waals surface area (Å²) in [5, 5.41) is 2.64. The van der Waals surface area contributed by atoms with E-state index in [2.05, 4.69) is 26.2 Å². The van der Waals surface area contributed by atoms with Crippen molar-refractivity contribution in [2.24, 2.45) is 10.9 Å². The molecular weight excluding hydrogens is 414 g/mol. The smallest absolute Gasteiger partial charge is 0.251 e. The minimum absolute atomic E-state index is 0.0679. The SMILES string of the molecule is Cc1cc(C)cc(N=C[C@@H]2C(=O)NC(=S)N(c3ccc(Br)cc3)C2=O)c1. The fourth-order valence-corrected chi connectivity index (χ4v) is 3.30.